The van der Waals surface area contributed by atoms with Crippen molar-refractivity contribution in [1.82, 2.24) is 0 Å². The second-order valence-corrected chi connectivity index (χ2v) is 3.51. The highest BCUT2D eigenvalue weighted by atomic mass is 16.6. The molecule has 4 heteroatoms. The summed E-state index contributed by atoms with van der Waals surface area (Å²) in [5, 5.41) is 17.8. The van der Waals surface area contributed by atoms with E-state index in [-0.39, 0.29) is 0 Å². The van der Waals surface area contributed by atoms with Crippen LogP contribution in [0.2, 0.25) is 0 Å². The van der Waals surface area contributed by atoms with E-state index >= 15 is 0 Å². The van der Waals surface area contributed by atoms with E-state index in [1.807, 2.05) is 6.92 Å². The van der Waals surface area contributed by atoms with Crippen LogP contribution in [0, 0.1) is 0 Å². The topological polar surface area (TPSA) is 70.1 Å². The van der Waals surface area contributed by atoms with Crippen LogP contribution in [0.25, 0.3) is 0 Å². The summed E-state index contributed by atoms with van der Waals surface area (Å²) in [6.45, 7) is 2.40. The molecule has 0 aromatic rings. The lowest BCUT2D eigenvalue weighted by Crippen LogP contribution is -2.23. The molecule has 15 heavy (non-hydrogen) atoms. The number of aliphatic hydroxyl groups is 1. The van der Waals surface area contributed by atoms with E-state index in [1.165, 1.54) is 6.08 Å². The number of hydrogen-bond acceptors (Lipinski definition) is 3. The second-order valence-electron chi connectivity index (χ2n) is 3.51. The monoisotopic (exact) mass is 210 g/mol. The summed E-state index contributed by atoms with van der Waals surface area (Å²) >= 11 is 0. The molecule has 2 atom stereocenters. The molecule has 1 aliphatic rings. The molecule has 0 aromatic carbocycles. The van der Waals surface area contributed by atoms with Crippen molar-refractivity contribution in [1.29, 1.82) is 0 Å². The van der Waals surface area contributed by atoms with Gasteiger partial charge in [-0.3, -0.25) is 0 Å². The Kier molecular flexibility index (Phi) is 3.82. The Labute approximate surface area is 88.2 Å². The predicted octanol–water partition coefficient (Wildman–Crippen LogP) is 0.889. The van der Waals surface area contributed by atoms with Gasteiger partial charge in [-0.25, -0.2) is 4.79 Å². The smallest absolute Gasteiger partial charge is 0.328 e. The second kappa shape index (κ2) is 4.91. The molecule has 1 fully saturated rings. The molecule has 2 N–H and O–H groups in total. The van der Waals surface area contributed by atoms with E-state index in [4.69, 9.17) is 9.84 Å². The fourth-order valence-corrected chi connectivity index (χ4v) is 0.924. The Morgan fingerprint density at radius 2 is 2.00 bits per heavy atom. The Balaban J connectivity index is 2.29. The highest BCUT2D eigenvalue weighted by Crippen LogP contribution is 2.30. The average molecular weight is 210 g/mol. The zero-order valence-electron chi connectivity index (χ0n) is 8.46. The van der Waals surface area contributed by atoms with Gasteiger partial charge in [0.15, 0.2) is 0 Å². The van der Waals surface area contributed by atoms with Crippen molar-refractivity contribution in [2.45, 2.75) is 18.6 Å². The minimum Gasteiger partial charge on any atom is -0.478 e. The molecule has 82 valence electrons. The number of ether oxygens (including phenoxy) is 1. The number of carbonyl (C=O) groups is 1. The van der Waals surface area contributed by atoms with Crippen LogP contribution in [0.3, 0.4) is 0 Å². The van der Waals surface area contributed by atoms with Crippen LogP contribution in [-0.4, -0.2) is 34.5 Å². The van der Waals surface area contributed by atoms with Crippen molar-refractivity contribution >= 4 is 5.97 Å². The van der Waals surface area contributed by atoms with Gasteiger partial charge >= 0.3 is 5.97 Å². The van der Waals surface area contributed by atoms with Gasteiger partial charge in [-0.15, -0.1) is 0 Å². The van der Waals surface area contributed by atoms with E-state index in [0.29, 0.717) is 6.61 Å². The largest absolute Gasteiger partial charge is 0.478 e. The molecule has 4 nitrogen and oxygen atoms in total. The Morgan fingerprint density at radius 1 is 1.40 bits per heavy atom. The number of carboxylic acids is 1. The van der Waals surface area contributed by atoms with Crippen LogP contribution in [-0.2, 0) is 9.53 Å². The SMILES string of the molecule is CC1(C(O)C=CC=CC=CC(=O)O)CO1. The minimum absolute atomic E-state index is 0.429. The third-order valence-electron chi connectivity index (χ3n) is 2.09. The lowest BCUT2D eigenvalue weighted by molar-refractivity contribution is -0.131. The van der Waals surface area contributed by atoms with Gasteiger partial charge in [0.2, 0.25) is 0 Å². The van der Waals surface area contributed by atoms with Gasteiger partial charge in [-0.2, -0.15) is 0 Å². The average Bonchev–Trinajstić information content (AvgIpc) is 2.90. The van der Waals surface area contributed by atoms with Gasteiger partial charge in [-0.1, -0.05) is 30.4 Å². The Morgan fingerprint density at radius 3 is 2.53 bits per heavy atom. The van der Waals surface area contributed by atoms with E-state index in [2.05, 4.69) is 0 Å². The lowest BCUT2D eigenvalue weighted by Gasteiger charge is -2.08. The highest BCUT2D eigenvalue weighted by Gasteiger charge is 2.45. The third kappa shape index (κ3) is 4.10. The van der Waals surface area contributed by atoms with Crippen molar-refractivity contribution in [3.8, 4) is 0 Å². The van der Waals surface area contributed by atoms with Gasteiger partial charge in [0.1, 0.15) is 11.7 Å². The summed E-state index contributed by atoms with van der Waals surface area (Å²) in [7, 11) is 0. The first-order valence-electron chi connectivity index (χ1n) is 4.61. The molecular formula is C11H14O4. The van der Waals surface area contributed by atoms with Gasteiger partial charge in [0.05, 0.1) is 6.61 Å². The van der Waals surface area contributed by atoms with Crippen LogP contribution in [0.15, 0.2) is 36.5 Å². The summed E-state index contributed by atoms with van der Waals surface area (Å²) in [6.07, 6.45) is 8.31. The Hall–Kier alpha value is -1.39. The fraction of sp³-hybridized carbons (Fsp3) is 0.364. The molecule has 1 saturated heterocycles. The summed E-state index contributed by atoms with van der Waals surface area (Å²) < 4.78 is 5.05. The number of allylic oxidation sites excluding steroid dienone is 4. The number of rotatable bonds is 5. The zero-order valence-corrected chi connectivity index (χ0v) is 8.46. The number of epoxide rings is 1. The van der Waals surface area contributed by atoms with Crippen LogP contribution >= 0.6 is 0 Å². The normalized spacial score (nSPS) is 27.9. The molecule has 0 spiro atoms. The van der Waals surface area contributed by atoms with Crippen molar-refractivity contribution < 1.29 is 19.7 Å². The molecule has 0 bridgehead atoms. The summed E-state index contributed by atoms with van der Waals surface area (Å²) in [5.74, 6) is -0.984. The predicted molar refractivity (Wildman–Crippen MR) is 55.4 cm³/mol. The fourth-order valence-electron chi connectivity index (χ4n) is 0.924. The number of aliphatic carboxylic acids is 1. The third-order valence-corrected chi connectivity index (χ3v) is 2.09. The van der Waals surface area contributed by atoms with E-state index < -0.39 is 17.7 Å². The van der Waals surface area contributed by atoms with Crippen molar-refractivity contribution in [2.24, 2.45) is 0 Å². The minimum atomic E-state index is -0.984. The van der Waals surface area contributed by atoms with Crippen LogP contribution in [0.5, 0.6) is 0 Å². The van der Waals surface area contributed by atoms with Gasteiger partial charge in [-0.05, 0) is 6.92 Å². The maximum Gasteiger partial charge on any atom is 0.328 e. The van der Waals surface area contributed by atoms with E-state index in [9.17, 15) is 9.90 Å². The number of aliphatic hydroxyl groups excluding tert-OH is 1. The number of carboxylic acid groups (broad SMARTS) is 1. The van der Waals surface area contributed by atoms with Crippen LogP contribution in [0.1, 0.15) is 6.92 Å². The Bertz CT molecular complexity index is 311. The van der Waals surface area contributed by atoms with E-state index in [0.717, 1.165) is 6.08 Å². The van der Waals surface area contributed by atoms with Crippen molar-refractivity contribution in [2.75, 3.05) is 6.61 Å². The van der Waals surface area contributed by atoms with Crippen LogP contribution in [0.4, 0.5) is 0 Å². The molecule has 1 heterocycles. The first-order chi connectivity index (χ1) is 7.04. The summed E-state index contributed by atoms with van der Waals surface area (Å²) in [5.41, 5.74) is -0.429. The lowest BCUT2D eigenvalue weighted by atomic mass is 10.1. The van der Waals surface area contributed by atoms with Gasteiger partial charge < -0.3 is 14.9 Å². The molecular weight excluding hydrogens is 196 g/mol. The maximum absolute atomic E-state index is 10.1. The molecule has 0 aliphatic carbocycles. The molecule has 0 radical (unpaired) electrons. The molecule has 1 rings (SSSR count). The summed E-state index contributed by atoms with van der Waals surface area (Å²) in [4.78, 5) is 10.1. The molecule has 0 amide bonds. The number of hydrogen-bond donors (Lipinski definition) is 2. The molecule has 2 unspecified atom stereocenters. The van der Waals surface area contributed by atoms with Crippen LogP contribution < -0.4 is 0 Å². The molecule has 1 aliphatic heterocycles. The van der Waals surface area contributed by atoms with Gasteiger partial charge in [0.25, 0.3) is 0 Å². The van der Waals surface area contributed by atoms with Crippen molar-refractivity contribution in [3.63, 3.8) is 0 Å². The quantitative estimate of drug-likeness (QED) is 0.401. The standard InChI is InChI=1S/C11H14O4/c1-11(8-15-11)9(12)6-4-2-3-5-7-10(13)14/h2-7,9,12H,8H2,1H3,(H,13,14). The van der Waals surface area contributed by atoms with Gasteiger partial charge in [0, 0.05) is 6.08 Å². The first kappa shape index (κ1) is 11.7. The first-order valence-corrected chi connectivity index (χ1v) is 4.61. The molecule has 0 saturated carbocycles. The molecule has 0 aromatic heterocycles. The summed E-state index contributed by atoms with van der Waals surface area (Å²) in [6, 6.07) is 0. The highest BCUT2D eigenvalue weighted by molar-refractivity contribution is 5.80. The van der Waals surface area contributed by atoms with Crippen molar-refractivity contribution in [3.05, 3.63) is 36.5 Å². The maximum atomic E-state index is 10.1. The van der Waals surface area contributed by atoms with E-state index in [1.54, 1.807) is 24.3 Å². The zero-order chi connectivity index (χ0) is 11.3.